The summed E-state index contributed by atoms with van der Waals surface area (Å²) in [7, 11) is -3.83. The molecule has 3 aromatic rings. The molecular weight excluding hydrogens is 400 g/mol. The summed E-state index contributed by atoms with van der Waals surface area (Å²) >= 11 is 0.677. The van der Waals surface area contributed by atoms with E-state index in [1.165, 1.54) is 22.9 Å². The molecule has 3 heterocycles. The quantitative estimate of drug-likeness (QED) is 0.638. The zero-order valence-corrected chi connectivity index (χ0v) is 15.7. The summed E-state index contributed by atoms with van der Waals surface area (Å²) in [5.41, 5.74) is 0.338. The normalized spacial score (nSPS) is 16.3. The van der Waals surface area contributed by atoms with Crippen LogP contribution in [0.3, 0.4) is 0 Å². The molecule has 1 saturated carbocycles. The lowest BCUT2D eigenvalue weighted by Gasteiger charge is -2.14. The third-order valence-corrected chi connectivity index (χ3v) is 6.91. The van der Waals surface area contributed by atoms with Gasteiger partial charge < -0.3 is 5.11 Å². The molecule has 0 radical (unpaired) electrons. The SMILES string of the molecule is CC1(NS(=O)(=O)c2cc(CO)c3cnc(-c4nnc(C(F)F)s4)n3c2)CC1. The Hall–Kier alpha value is -2.02. The molecule has 1 aliphatic carbocycles. The molecule has 0 aromatic carbocycles. The molecule has 12 heteroatoms. The van der Waals surface area contributed by atoms with Crippen LogP contribution in [0.1, 0.15) is 36.8 Å². The summed E-state index contributed by atoms with van der Waals surface area (Å²) in [6, 6.07) is 1.37. The molecule has 0 aliphatic heterocycles. The third kappa shape index (κ3) is 3.33. The number of hydrogen-bond acceptors (Lipinski definition) is 7. The molecule has 27 heavy (non-hydrogen) atoms. The van der Waals surface area contributed by atoms with Crippen molar-refractivity contribution in [2.45, 2.75) is 43.2 Å². The van der Waals surface area contributed by atoms with Gasteiger partial charge in [-0.25, -0.2) is 26.9 Å². The Kier molecular flexibility index (Phi) is 4.25. The zero-order chi connectivity index (χ0) is 19.4. The van der Waals surface area contributed by atoms with Gasteiger partial charge in [0.1, 0.15) is 0 Å². The Morgan fingerprint density at radius 1 is 1.41 bits per heavy atom. The predicted octanol–water partition coefficient (Wildman–Crippen LogP) is 2.11. The Morgan fingerprint density at radius 3 is 2.74 bits per heavy atom. The Balaban J connectivity index is 1.85. The molecule has 0 atom stereocenters. The van der Waals surface area contributed by atoms with Gasteiger partial charge in [0.2, 0.25) is 10.0 Å². The standard InChI is InChI=1S/C15H15F2N5O3S2/c1-15(2-3-15)21-27(24,25)9-4-8(7-23)10-5-18-12(22(10)6-9)14-20-19-13(26-14)11(16)17/h4-6,11,21,23H,2-3,7H2,1H3. The molecule has 0 unspecified atom stereocenters. The van der Waals surface area contributed by atoms with Crippen LogP contribution in [-0.2, 0) is 16.6 Å². The van der Waals surface area contributed by atoms with Crippen LogP contribution in [0.25, 0.3) is 16.3 Å². The van der Waals surface area contributed by atoms with E-state index >= 15 is 0 Å². The van der Waals surface area contributed by atoms with E-state index in [-0.39, 0.29) is 15.7 Å². The van der Waals surface area contributed by atoms with Crippen LogP contribution < -0.4 is 4.72 Å². The number of alkyl halides is 2. The van der Waals surface area contributed by atoms with Gasteiger partial charge in [-0.2, -0.15) is 0 Å². The number of aliphatic hydroxyl groups is 1. The van der Waals surface area contributed by atoms with E-state index in [9.17, 15) is 22.3 Å². The van der Waals surface area contributed by atoms with Crippen molar-refractivity contribution >= 4 is 26.9 Å². The second kappa shape index (κ2) is 6.26. The fraction of sp³-hybridized carbons (Fsp3) is 0.400. The molecule has 2 N–H and O–H groups in total. The van der Waals surface area contributed by atoms with Gasteiger partial charge in [-0.15, -0.1) is 10.2 Å². The molecule has 1 aliphatic rings. The van der Waals surface area contributed by atoms with Crippen LogP contribution in [0.2, 0.25) is 0 Å². The van der Waals surface area contributed by atoms with Crippen molar-refractivity contribution in [3.63, 3.8) is 0 Å². The lowest BCUT2D eigenvalue weighted by molar-refractivity contribution is 0.150. The van der Waals surface area contributed by atoms with Crippen molar-refractivity contribution in [2.75, 3.05) is 0 Å². The number of aromatic nitrogens is 4. The molecule has 0 amide bonds. The highest BCUT2D eigenvalue weighted by Gasteiger charge is 2.41. The van der Waals surface area contributed by atoms with Gasteiger partial charge >= 0.3 is 0 Å². The van der Waals surface area contributed by atoms with Crippen molar-refractivity contribution in [3.8, 4) is 10.8 Å². The summed E-state index contributed by atoms with van der Waals surface area (Å²) in [6.45, 7) is 1.40. The van der Waals surface area contributed by atoms with Crippen molar-refractivity contribution in [1.82, 2.24) is 24.3 Å². The second-order valence-corrected chi connectivity index (χ2v) is 9.30. The number of imidazole rings is 1. The molecular formula is C15H15F2N5O3S2. The van der Waals surface area contributed by atoms with Gasteiger partial charge in [-0.05, 0) is 25.8 Å². The van der Waals surface area contributed by atoms with Gasteiger partial charge in [0.15, 0.2) is 15.8 Å². The second-order valence-electron chi connectivity index (χ2n) is 6.61. The molecule has 0 saturated heterocycles. The highest BCUT2D eigenvalue weighted by molar-refractivity contribution is 7.89. The number of hydrogen-bond donors (Lipinski definition) is 2. The predicted molar refractivity (Wildman–Crippen MR) is 92.9 cm³/mol. The third-order valence-electron chi connectivity index (χ3n) is 4.38. The maximum Gasteiger partial charge on any atom is 0.291 e. The molecule has 8 nitrogen and oxygen atoms in total. The van der Waals surface area contributed by atoms with Crippen molar-refractivity contribution < 1.29 is 22.3 Å². The van der Waals surface area contributed by atoms with E-state index in [2.05, 4.69) is 19.9 Å². The summed E-state index contributed by atoms with van der Waals surface area (Å²) in [4.78, 5) is 4.11. The fourth-order valence-corrected chi connectivity index (χ4v) is 4.86. The first kappa shape index (κ1) is 18.3. The van der Waals surface area contributed by atoms with E-state index in [1.807, 2.05) is 6.92 Å². The topological polar surface area (TPSA) is 109 Å². The average molecular weight is 415 g/mol. The van der Waals surface area contributed by atoms with Gasteiger partial charge in [-0.3, -0.25) is 4.40 Å². The van der Waals surface area contributed by atoms with Crippen LogP contribution in [0.15, 0.2) is 23.4 Å². The Morgan fingerprint density at radius 2 is 2.15 bits per heavy atom. The average Bonchev–Trinajstić information content (AvgIpc) is 3.04. The van der Waals surface area contributed by atoms with E-state index in [4.69, 9.17) is 0 Å². The van der Waals surface area contributed by atoms with Crippen molar-refractivity contribution in [3.05, 3.63) is 29.0 Å². The van der Waals surface area contributed by atoms with Gasteiger partial charge in [0, 0.05) is 17.3 Å². The Labute approximate surface area is 156 Å². The van der Waals surface area contributed by atoms with Gasteiger partial charge in [0.05, 0.1) is 23.2 Å². The molecule has 1 fully saturated rings. The minimum Gasteiger partial charge on any atom is -0.392 e. The number of nitrogens with one attached hydrogen (secondary N) is 1. The first-order chi connectivity index (χ1) is 12.7. The summed E-state index contributed by atoms with van der Waals surface area (Å²) in [6.07, 6.45) is 1.51. The number of rotatable bonds is 6. The summed E-state index contributed by atoms with van der Waals surface area (Å²) in [5.74, 6) is 0.179. The fourth-order valence-electron chi connectivity index (χ4n) is 2.66. The van der Waals surface area contributed by atoms with E-state index in [1.54, 1.807) is 0 Å². The first-order valence-corrected chi connectivity index (χ1v) is 10.3. The van der Waals surface area contributed by atoms with Gasteiger partial charge in [-0.1, -0.05) is 11.3 Å². The molecule has 0 spiro atoms. The number of nitrogens with zero attached hydrogens (tertiary/aromatic N) is 4. The molecule has 4 rings (SSSR count). The minimum absolute atomic E-state index is 0.0509. The largest absolute Gasteiger partial charge is 0.392 e. The highest BCUT2D eigenvalue weighted by atomic mass is 32.2. The van der Waals surface area contributed by atoms with E-state index in [0.29, 0.717) is 22.4 Å². The lowest BCUT2D eigenvalue weighted by atomic mass is 10.2. The van der Waals surface area contributed by atoms with Crippen LogP contribution in [0.5, 0.6) is 0 Å². The molecule has 144 valence electrons. The highest BCUT2D eigenvalue weighted by Crippen LogP contribution is 2.36. The lowest BCUT2D eigenvalue weighted by Crippen LogP contribution is -2.34. The Bertz CT molecular complexity index is 1120. The van der Waals surface area contributed by atoms with Crippen LogP contribution in [0.4, 0.5) is 8.78 Å². The van der Waals surface area contributed by atoms with E-state index in [0.717, 1.165) is 12.8 Å². The number of pyridine rings is 1. The summed E-state index contributed by atoms with van der Waals surface area (Å²) < 4.78 is 55.1. The minimum atomic E-state index is -3.83. The summed E-state index contributed by atoms with van der Waals surface area (Å²) in [5, 5.41) is 16.5. The number of halogens is 2. The maximum absolute atomic E-state index is 12.8. The van der Waals surface area contributed by atoms with Crippen molar-refractivity contribution in [2.24, 2.45) is 0 Å². The van der Waals surface area contributed by atoms with Gasteiger partial charge in [0.25, 0.3) is 6.43 Å². The number of fused-ring (bicyclic) bond motifs is 1. The zero-order valence-electron chi connectivity index (χ0n) is 14.1. The number of sulfonamides is 1. The monoisotopic (exact) mass is 415 g/mol. The van der Waals surface area contributed by atoms with E-state index < -0.39 is 33.6 Å². The number of aliphatic hydroxyl groups excluding tert-OH is 1. The molecule has 0 bridgehead atoms. The molecule has 3 aromatic heterocycles. The first-order valence-electron chi connectivity index (χ1n) is 7.99. The van der Waals surface area contributed by atoms with Crippen LogP contribution in [-0.4, -0.2) is 38.6 Å². The maximum atomic E-state index is 12.8. The van der Waals surface area contributed by atoms with Crippen LogP contribution >= 0.6 is 11.3 Å². The smallest absolute Gasteiger partial charge is 0.291 e. The van der Waals surface area contributed by atoms with Crippen molar-refractivity contribution in [1.29, 1.82) is 0 Å². The van der Waals surface area contributed by atoms with Crippen LogP contribution in [0, 0.1) is 0 Å².